The molecule has 0 bridgehead atoms. The van der Waals surface area contributed by atoms with E-state index in [0.717, 1.165) is 18.6 Å². The van der Waals surface area contributed by atoms with Crippen LogP contribution in [-0.2, 0) is 16.0 Å². The first-order chi connectivity index (χ1) is 12.0. The van der Waals surface area contributed by atoms with Crippen molar-refractivity contribution in [1.82, 2.24) is 4.90 Å². The number of ether oxygens (including phenoxy) is 1. The van der Waals surface area contributed by atoms with Crippen molar-refractivity contribution in [2.75, 3.05) is 26.3 Å². The predicted molar refractivity (Wildman–Crippen MR) is 91.4 cm³/mol. The molecule has 1 atom stereocenters. The molecule has 1 amide bonds. The molecule has 3 rings (SSSR count). The van der Waals surface area contributed by atoms with Crippen LogP contribution in [0.4, 0.5) is 0 Å². The van der Waals surface area contributed by atoms with Crippen molar-refractivity contribution >= 4 is 11.9 Å². The monoisotopic (exact) mass is 347 g/mol. The number of aliphatic hydroxyl groups is 1. The Morgan fingerprint density at radius 2 is 1.88 bits per heavy atom. The fourth-order valence-corrected chi connectivity index (χ4v) is 3.73. The Balaban J connectivity index is 1.47. The minimum atomic E-state index is -0.948. The number of hydrogen-bond donors (Lipinski definition) is 2. The van der Waals surface area contributed by atoms with Gasteiger partial charge in [-0.05, 0) is 43.4 Å². The topological polar surface area (TPSA) is 87.1 Å². The van der Waals surface area contributed by atoms with Gasteiger partial charge in [-0.1, -0.05) is 12.1 Å². The summed E-state index contributed by atoms with van der Waals surface area (Å²) in [6.45, 7) is 2.51. The van der Waals surface area contributed by atoms with Gasteiger partial charge in [0.25, 0.3) is 0 Å². The zero-order valence-electron chi connectivity index (χ0n) is 14.3. The van der Waals surface area contributed by atoms with Gasteiger partial charge in [0, 0.05) is 32.0 Å². The zero-order valence-corrected chi connectivity index (χ0v) is 14.3. The summed E-state index contributed by atoms with van der Waals surface area (Å²) in [7, 11) is 0. The first-order valence-corrected chi connectivity index (χ1v) is 8.88. The fraction of sp³-hybridized carbons (Fsp3) is 0.579. The van der Waals surface area contributed by atoms with Crippen molar-refractivity contribution in [1.29, 1.82) is 0 Å². The summed E-state index contributed by atoms with van der Waals surface area (Å²) in [5, 5.41) is 19.7. The molecule has 2 aliphatic rings. The van der Waals surface area contributed by atoms with E-state index in [2.05, 4.69) is 0 Å². The lowest BCUT2D eigenvalue weighted by Crippen LogP contribution is -2.50. The number of aromatic carboxylic acids is 1. The van der Waals surface area contributed by atoms with Gasteiger partial charge >= 0.3 is 5.97 Å². The molecule has 6 heteroatoms. The third kappa shape index (κ3) is 4.19. The number of aryl methyl sites for hydroxylation is 1. The highest BCUT2D eigenvalue weighted by atomic mass is 16.5. The second-order valence-corrected chi connectivity index (χ2v) is 7.05. The normalized spacial score (nSPS) is 22.8. The fourth-order valence-electron chi connectivity index (χ4n) is 3.73. The number of carbonyl (C=O) groups excluding carboxylic acids is 1. The number of amides is 1. The second-order valence-electron chi connectivity index (χ2n) is 7.05. The van der Waals surface area contributed by atoms with E-state index >= 15 is 0 Å². The first kappa shape index (κ1) is 17.9. The summed E-state index contributed by atoms with van der Waals surface area (Å²) in [6.07, 6.45) is 3.12. The quantitative estimate of drug-likeness (QED) is 0.847. The van der Waals surface area contributed by atoms with Crippen molar-refractivity contribution in [2.45, 2.75) is 37.7 Å². The van der Waals surface area contributed by atoms with Gasteiger partial charge < -0.3 is 19.8 Å². The number of hydrogen-bond acceptors (Lipinski definition) is 4. The van der Waals surface area contributed by atoms with Crippen LogP contribution in [0.15, 0.2) is 24.3 Å². The first-order valence-electron chi connectivity index (χ1n) is 8.88. The molecule has 2 heterocycles. The van der Waals surface area contributed by atoms with Crippen LogP contribution in [-0.4, -0.2) is 58.9 Å². The van der Waals surface area contributed by atoms with Crippen LogP contribution in [0.3, 0.4) is 0 Å². The van der Waals surface area contributed by atoms with Gasteiger partial charge in [0.05, 0.1) is 17.8 Å². The van der Waals surface area contributed by atoms with E-state index in [4.69, 9.17) is 9.84 Å². The molecule has 2 fully saturated rings. The molecule has 0 saturated carbocycles. The minimum Gasteiger partial charge on any atom is -0.478 e. The number of likely N-dealkylation sites (tertiary alicyclic amines) is 1. The Hall–Kier alpha value is -1.92. The van der Waals surface area contributed by atoms with E-state index < -0.39 is 11.6 Å². The number of carboxylic acids is 1. The lowest BCUT2D eigenvalue weighted by Gasteiger charge is -2.41. The molecule has 2 saturated heterocycles. The summed E-state index contributed by atoms with van der Waals surface area (Å²) in [6, 6.07) is 6.64. The molecule has 2 aliphatic heterocycles. The van der Waals surface area contributed by atoms with Crippen LogP contribution in [0.2, 0.25) is 0 Å². The number of piperidine rings is 1. The maximum Gasteiger partial charge on any atom is 0.335 e. The summed E-state index contributed by atoms with van der Waals surface area (Å²) in [5.41, 5.74) is 0.510. The molecular weight excluding hydrogens is 322 g/mol. The van der Waals surface area contributed by atoms with Gasteiger partial charge in [0.2, 0.25) is 5.91 Å². The SMILES string of the molecule is O=C(O)c1ccc(CCC(=O)N2CCC(O)(C3CCOC3)CC2)cc1. The molecule has 2 N–H and O–H groups in total. The van der Waals surface area contributed by atoms with Crippen LogP contribution < -0.4 is 0 Å². The number of rotatable bonds is 5. The van der Waals surface area contributed by atoms with Crippen molar-refractivity contribution in [3.05, 3.63) is 35.4 Å². The van der Waals surface area contributed by atoms with E-state index in [1.54, 1.807) is 24.3 Å². The van der Waals surface area contributed by atoms with Gasteiger partial charge in [-0.2, -0.15) is 0 Å². The Morgan fingerprint density at radius 3 is 2.44 bits per heavy atom. The van der Waals surface area contributed by atoms with E-state index in [1.165, 1.54) is 0 Å². The number of benzene rings is 1. The standard InChI is InChI=1S/C19H25NO5/c21-17(6-3-14-1-4-15(5-2-14)18(22)23)20-10-8-19(24,9-11-20)16-7-12-25-13-16/h1-2,4-5,16,24H,3,6-13H2,(H,22,23). The number of carboxylic acid groups (broad SMARTS) is 1. The number of nitrogens with zero attached hydrogens (tertiary/aromatic N) is 1. The molecule has 25 heavy (non-hydrogen) atoms. The smallest absolute Gasteiger partial charge is 0.335 e. The second kappa shape index (κ2) is 7.54. The number of carbonyl (C=O) groups is 2. The molecule has 1 aromatic carbocycles. The van der Waals surface area contributed by atoms with Crippen LogP contribution >= 0.6 is 0 Å². The van der Waals surface area contributed by atoms with Crippen LogP contribution in [0, 0.1) is 5.92 Å². The molecule has 0 spiro atoms. The third-order valence-corrected chi connectivity index (χ3v) is 5.50. The highest BCUT2D eigenvalue weighted by Gasteiger charge is 2.42. The van der Waals surface area contributed by atoms with Crippen molar-refractivity contribution in [3.8, 4) is 0 Å². The molecule has 1 aromatic rings. The Bertz CT molecular complexity index is 613. The maximum absolute atomic E-state index is 12.4. The average molecular weight is 347 g/mol. The Kier molecular flexibility index (Phi) is 5.39. The Morgan fingerprint density at radius 1 is 1.20 bits per heavy atom. The molecule has 1 unspecified atom stereocenters. The molecule has 0 aromatic heterocycles. The predicted octanol–water partition coefficient (Wildman–Crippen LogP) is 1.71. The highest BCUT2D eigenvalue weighted by molar-refractivity contribution is 5.87. The van der Waals surface area contributed by atoms with Gasteiger partial charge in [0.15, 0.2) is 0 Å². The largest absolute Gasteiger partial charge is 0.478 e. The van der Waals surface area contributed by atoms with E-state index in [9.17, 15) is 14.7 Å². The lowest BCUT2D eigenvalue weighted by atomic mass is 9.79. The van der Waals surface area contributed by atoms with E-state index in [0.29, 0.717) is 45.4 Å². The summed E-state index contributed by atoms with van der Waals surface area (Å²) in [4.78, 5) is 25.1. The van der Waals surface area contributed by atoms with Crippen molar-refractivity contribution in [3.63, 3.8) is 0 Å². The molecule has 0 radical (unpaired) electrons. The van der Waals surface area contributed by atoms with Crippen LogP contribution in [0.1, 0.15) is 41.6 Å². The lowest BCUT2D eigenvalue weighted by molar-refractivity contribution is -0.137. The highest BCUT2D eigenvalue weighted by Crippen LogP contribution is 2.34. The molecule has 136 valence electrons. The molecular formula is C19H25NO5. The van der Waals surface area contributed by atoms with Gasteiger partial charge in [-0.3, -0.25) is 4.79 Å². The molecule has 6 nitrogen and oxygen atoms in total. The minimum absolute atomic E-state index is 0.0898. The summed E-state index contributed by atoms with van der Waals surface area (Å²) < 4.78 is 5.38. The van der Waals surface area contributed by atoms with Crippen LogP contribution in [0.25, 0.3) is 0 Å². The summed E-state index contributed by atoms with van der Waals surface area (Å²) in [5.74, 6) is -0.666. The Labute approximate surface area is 147 Å². The summed E-state index contributed by atoms with van der Waals surface area (Å²) >= 11 is 0. The van der Waals surface area contributed by atoms with Crippen LogP contribution in [0.5, 0.6) is 0 Å². The maximum atomic E-state index is 12.4. The molecule has 0 aliphatic carbocycles. The van der Waals surface area contributed by atoms with Gasteiger partial charge in [-0.25, -0.2) is 4.79 Å². The van der Waals surface area contributed by atoms with E-state index in [-0.39, 0.29) is 17.4 Å². The zero-order chi connectivity index (χ0) is 17.9. The van der Waals surface area contributed by atoms with Crippen molar-refractivity contribution < 1.29 is 24.5 Å². The van der Waals surface area contributed by atoms with Crippen molar-refractivity contribution in [2.24, 2.45) is 5.92 Å². The van der Waals surface area contributed by atoms with E-state index in [1.807, 2.05) is 4.90 Å². The average Bonchev–Trinajstić information content (AvgIpc) is 3.16. The third-order valence-electron chi connectivity index (χ3n) is 5.50. The van der Waals surface area contributed by atoms with Gasteiger partial charge in [-0.15, -0.1) is 0 Å². The van der Waals surface area contributed by atoms with Gasteiger partial charge in [0.1, 0.15) is 0 Å².